The molecule has 126 valence electrons. The molecule has 0 radical (unpaired) electrons. The summed E-state index contributed by atoms with van der Waals surface area (Å²) in [5.74, 6) is 0.889. The van der Waals surface area contributed by atoms with Gasteiger partial charge in [0.15, 0.2) is 11.5 Å². The first-order chi connectivity index (χ1) is 11.6. The van der Waals surface area contributed by atoms with Crippen molar-refractivity contribution in [2.75, 3.05) is 14.2 Å². The second kappa shape index (κ2) is 6.39. The number of cyclic esters (lactones) is 1. The van der Waals surface area contributed by atoms with E-state index in [1.54, 1.807) is 12.1 Å². The van der Waals surface area contributed by atoms with Crippen molar-refractivity contribution in [3.63, 3.8) is 0 Å². The van der Waals surface area contributed by atoms with E-state index in [9.17, 15) is 9.59 Å². The molecule has 3 rings (SSSR count). The molecule has 0 amide bonds. The van der Waals surface area contributed by atoms with Gasteiger partial charge in [-0.2, -0.15) is 0 Å². The summed E-state index contributed by atoms with van der Waals surface area (Å²) in [5.41, 5.74) is 0.782. The van der Waals surface area contributed by atoms with E-state index in [1.807, 2.05) is 6.92 Å². The third kappa shape index (κ3) is 2.54. The van der Waals surface area contributed by atoms with Crippen molar-refractivity contribution in [2.24, 2.45) is 0 Å². The van der Waals surface area contributed by atoms with Crippen LogP contribution in [0, 0.1) is 0 Å². The Bertz CT molecular complexity index is 836. The van der Waals surface area contributed by atoms with Crippen molar-refractivity contribution in [1.82, 2.24) is 0 Å². The average molecular weight is 330 g/mol. The van der Waals surface area contributed by atoms with Crippen LogP contribution in [-0.2, 0) is 11.2 Å². The molecule has 1 aliphatic rings. The topological polar surface area (TPSA) is 75.0 Å². The minimum atomic E-state index is -0.871. The molecule has 0 bridgehead atoms. The molecule has 2 heterocycles. The van der Waals surface area contributed by atoms with E-state index in [1.165, 1.54) is 26.5 Å². The maximum absolute atomic E-state index is 12.4. The number of fused-ring (bicyclic) bond motifs is 1. The van der Waals surface area contributed by atoms with Crippen LogP contribution in [0.3, 0.4) is 0 Å². The number of methoxy groups -OCH3 is 2. The quantitative estimate of drug-likeness (QED) is 0.785. The first-order valence-electron chi connectivity index (χ1n) is 7.68. The second-order valence-corrected chi connectivity index (χ2v) is 5.46. The fourth-order valence-corrected chi connectivity index (χ4v) is 2.87. The number of esters is 1. The highest BCUT2D eigenvalue weighted by atomic mass is 16.6. The number of carbonyl (C=O) groups excluding carboxylic acids is 1. The van der Waals surface area contributed by atoms with Gasteiger partial charge in [-0.25, -0.2) is 4.79 Å². The maximum Gasteiger partial charge on any atom is 0.343 e. The van der Waals surface area contributed by atoms with Crippen molar-refractivity contribution in [3.8, 4) is 11.5 Å². The molecular formula is C18H18O6. The van der Waals surface area contributed by atoms with Crippen LogP contribution in [0.1, 0.15) is 46.7 Å². The summed E-state index contributed by atoms with van der Waals surface area (Å²) in [6, 6.07) is 4.76. The van der Waals surface area contributed by atoms with Crippen LogP contribution in [-0.4, -0.2) is 20.2 Å². The molecule has 0 aliphatic carbocycles. The minimum absolute atomic E-state index is 0.236. The first-order valence-corrected chi connectivity index (χ1v) is 7.68. The van der Waals surface area contributed by atoms with E-state index in [0.717, 1.165) is 6.42 Å². The van der Waals surface area contributed by atoms with Gasteiger partial charge in [0.25, 0.3) is 0 Å². The van der Waals surface area contributed by atoms with Gasteiger partial charge in [0.1, 0.15) is 29.1 Å². The summed E-state index contributed by atoms with van der Waals surface area (Å²) in [6.07, 6.45) is 2.03. The summed E-state index contributed by atoms with van der Waals surface area (Å²) >= 11 is 0. The van der Waals surface area contributed by atoms with Crippen molar-refractivity contribution < 1.29 is 23.4 Å². The van der Waals surface area contributed by atoms with Crippen LogP contribution in [0.15, 0.2) is 33.7 Å². The number of aryl methyl sites for hydroxylation is 1. The van der Waals surface area contributed by atoms with Gasteiger partial charge in [-0.3, -0.25) is 4.79 Å². The molecule has 2 aromatic rings. The molecule has 1 aliphatic heterocycles. The van der Waals surface area contributed by atoms with Gasteiger partial charge in [0.05, 0.1) is 25.3 Å². The lowest BCUT2D eigenvalue weighted by atomic mass is 9.98. The monoisotopic (exact) mass is 330 g/mol. The highest BCUT2D eigenvalue weighted by Gasteiger charge is 2.39. The van der Waals surface area contributed by atoms with Gasteiger partial charge in [0.2, 0.25) is 0 Å². The molecule has 0 saturated heterocycles. The van der Waals surface area contributed by atoms with Gasteiger partial charge in [-0.05, 0) is 18.6 Å². The Labute approximate surface area is 139 Å². The molecule has 1 aromatic heterocycles. The second-order valence-electron chi connectivity index (χ2n) is 5.46. The van der Waals surface area contributed by atoms with Gasteiger partial charge in [-0.15, -0.1) is 0 Å². The van der Waals surface area contributed by atoms with Crippen LogP contribution in [0.25, 0.3) is 0 Å². The predicted molar refractivity (Wildman–Crippen MR) is 85.8 cm³/mol. The van der Waals surface area contributed by atoms with E-state index in [2.05, 4.69) is 0 Å². The highest BCUT2D eigenvalue weighted by molar-refractivity contribution is 5.98. The molecule has 0 fully saturated rings. The Morgan fingerprint density at radius 2 is 1.83 bits per heavy atom. The maximum atomic E-state index is 12.4. The Balaban J connectivity index is 2.14. The predicted octanol–water partition coefficient (Wildman–Crippen LogP) is 2.87. The molecule has 1 unspecified atom stereocenters. The molecule has 0 spiro atoms. The van der Waals surface area contributed by atoms with E-state index >= 15 is 0 Å². The first kappa shape index (κ1) is 16.1. The van der Waals surface area contributed by atoms with E-state index in [0.29, 0.717) is 29.2 Å². The van der Waals surface area contributed by atoms with Gasteiger partial charge >= 0.3 is 5.97 Å². The summed E-state index contributed by atoms with van der Waals surface area (Å²) in [5, 5.41) is 0. The summed E-state index contributed by atoms with van der Waals surface area (Å²) in [4.78, 5) is 24.7. The van der Waals surface area contributed by atoms with E-state index < -0.39 is 12.1 Å². The number of hydrogen-bond acceptors (Lipinski definition) is 6. The largest absolute Gasteiger partial charge is 0.496 e. The van der Waals surface area contributed by atoms with Gasteiger partial charge < -0.3 is 18.6 Å². The number of ether oxygens (including phenoxy) is 3. The molecule has 1 aromatic carbocycles. The Morgan fingerprint density at radius 1 is 1.12 bits per heavy atom. The Kier molecular flexibility index (Phi) is 4.29. The summed E-state index contributed by atoms with van der Waals surface area (Å²) in [6.45, 7) is 2.00. The normalized spacial score (nSPS) is 15.8. The van der Waals surface area contributed by atoms with Crippen LogP contribution in [0.2, 0.25) is 0 Å². The smallest absolute Gasteiger partial charge is 0.343 e. The average Bonchev–Trinajstić information content (AvgIpc) is 2.92. The zero-order valence-electron chi connectivity index (χ0n) is 13.8. The number of carbonyl (C=O) groups is 1. The molecule has 0 saturated carbocycles. The minimum Gasteiger partial charge on any atom is -0.496 e. The van der Waals surface area contributed by atoms with Crippen LogP contribution in [0.4, 0.5) is 0 Å². The third-order valence-electron chi connectivity index (χ3n) is 3.99. The fraction of sp³-hybridized carbons (Fsp3) is 0.333. The molecular weight excluding hydrogens is 312 g/mol. The third-order valence-corrected chi connectivity index (χ3v) is 3.99. The van der Waals surface area contributed by atoms with Gasteiger partial charge in [-0.1, -0.05) is 6.92 Å². The van der Waals surface area contributed by atoms with Crippen LogP contribution < -0.4 is 14.9 Å². The Morgan fingerprint density at radius 3 is 2.46 bits per heavy atom. The van der Waals surface area contributed by atoms with Crippen molar-refractivity contribution >= 4 is 5.97 Å². The SMILES string of the molecule is CCCc1cc(=O)c(C2OC(=O)c3c(OC)ccc(OC)c32)co1. The van der Waals surface area contributed by atoms with E-state index in [-0.39, 0.29) is 16.6 Å². The van der Waals surface area contributed by atoms with Crippen molar-refractivity contribution in [1.29, 1.82) is 0 Å². The van der Waals surface area contributed by atoms with E-state index in [4.69, 9.17) is 18.6 Å². The fourth-order valence-electron chi connectivity index (χ4n) is 2.87. The lowest BCUT2D eigenvalue weighted by Gasteiger charge is -2.14. The van der Waals surface area contributed by atoms with Crippen molar-refractivity contribution in [2.45, 2.75) is 25.9 Å². The van der Waals surface area contributed by atoms with Crippen molar-refractivity contribution in [3.05, 3.63) is 57.1 Å². The number of rotatable bonds is 5. The molecule has 6 nitrogen and oxygen atoms in total. The number of hydrogen-bond donors (Lipinski definition) is 0. The lowest BCUT2D eigenvalue weighted by Crippen LogP contribution is -2.14. The zero-order valence-corrected chi connectivity index (χ0v) is 13.8. The molecule has 6 heteroatoms. The summed E-state index contributed by atoms with van der Waals surface area (Å²) < 4.78 is 21.5. The highest BCUT2D eigenvalue weighted by Crippen LogP contribution is 2.44. The molecule has 0 N–H and O–H groups in total. The Hall–Kier alpha value is -2.76. The zero-order chi connectivity index (χ0) is 17.3. The van der Waals surface area contributed by atoms with Crippen LogP contribution >= 0.6 is 0 Å². The standard InChI is InChI=1S/C18H18O6/c1-4-5-10-8-12(19)11(9-23-10)17-15-13(21-2)6-7-14(22-3)16(15)18(20)24-17/h6-9,17H,4-5H2,1-3H3. The molecule has 24 heavy (non-hydrogen) atoms. The molecule has 1 atom stereocenters. The number of benzene rings is 1. The van der Waals surface area contributed by atoms with Crippen LogP contribution in [0.5, 0.6) is 11.5 Å². The lowest BCUT2D eigenvalue weighted by molar-refractivity contribution is 0.0448. The van der Waals surface area contributed by atoms with Gasteiger partial charge in [0, 0.05) is 12.5 Å². The summed E-state index contributed by atoms with van der Waals surface area (Å²) in [7, 11) is 2.96.